The van der Waals surface area contributed by atoms with Crippen molar-refractivity contribution in [3.8, 4) is 21.8 Å². The summed E-state index contributed by atoms with van der Waals surface area (Å²) in [4.78, 5) is 8.48. The van der Waals surface area contributed by atoms with E-state index < -0.39 is 27.8 Å². The standard InChI is InChI=1S/C30H26F2N4O3S2/c31-26-5-1-4-25(29(26)32)27-19-40-30(35-27)21-8-12-24(13-9-21)41(38,39)36-23-10-6-20(7-11-23)14-16-34-18-28(37)22-3-2-15-33-17-22/h1-13,15,17,19,28,34,36-37H,14,16,18H2. The van der Waals surface area contributed by atoms with Gasteiger partial charge < -0.3 is 10.4 Å². The molecule has 0 fully saturated rings. The first-order valence-corrected chi connectivity index (χ1v) is 15.1. The van der Waals surface area contributed by atoms with Crippen LogP contribution in [0.4, 0.5) is 14.5 Å². The number of aliphatic hydroxyl groups is 1. The second kappa shape index (κ2) is 12.6. The third kappa shape index (κ3) is 7.01. The van der Waals surface area contributed by atoms with Gasteiger partial charge in [0.05, 0.1) is 16.7 Å². The summed E-state index contributed by atoms with van der Waals surface area (Å²) < 4.78 is 56.2. The van der Waals surface area contributed by atoms with Crippen LogP contribution in [-0.4, -0.2) is 36.6 Å². The minimum atomic E-state index is -3.83. The molecule has 0 aliphatic rings. The lowest BCUT2D eigenvalue weighted by atomic mass is 10.1. The molecule has 0 radical (unpaired) electrons. The fraction of sp³-hybridized carbons (Fsp3) is 0.133. The highest BCUT2D eigenvalue weighted by atomic mass is 32.2. The van der Waals surface area contributed by atoms with Crippen LogP contribution < -0.4 is 10.0 Å². The van der Waals surface area contributed by atoms with Crippen LogP contribution in [0.2, 0.25) is 0 Å². The highest BCUT2D eigenvalue weighted by Gasteiger charge is 2.17. The first kappa shape index (κ1) is 28.5. The number of aromatic nitrogens is 2. The van der Waals surface area contributed by atoms with Gasteiger partial charge in [-0.3, -0.25) is 9.71 Å². The number of sulfonamides is 1. The number of nitrogens with one attached hydrogen (secondary N) is 2. The van der Waals surface area contributed by atoms with Crippen LogP contribution in [0, 0.1) is 11.6 Å². The quantitative estimate of drug-likeness (QED) is 0.167. The van der Waals surface area contributed by atoms with E-state index in [1.54, 1.807) is 48.1 Å². The Morgan fingerprint density at radius 1 is 0.951 bits per heavy atom. The predicted octanol–water partition coefficient (Wildman–Crippen LogP) is 5.82. The lowest BCUT2D eigenvalue weighted by Gasteiger charge is -2.12. The van der Waals surface area contributed by atoms with Gasteiger partial charge in [-0.1, -0.05) is 36.4 Å². The van der Waals surface area contributed by atoms with Crippen molar-refractivity contribution in [1.29, 1.82) is 0 Å². The maximum Gasteiger partial charge on any atom is 0.261 e. The highest BCUT2D eigenvalue weighted by molar-refractivity contribution is 7.92. The van der Waals surface area contributed by atoms with Gasteiger partial charge in [0.1, 0.15) is 5.01 Å². The number of halogens is 2. The molecule has 0 saturated heterocycles. The van der Waals surface area contributed by atoms with E-state index in [4.69, 9.17) is 0 Å². The van der Waals surface area contributed by atoms with Crippen molar-refractivity contribution in [2.75, 3.05) is 17.8 Å². The first-order valence-electron chi connectivity index (χ1n) is 12.7. The monoisotopic (exact) mass is 592 g/mol. The summed E-state index contributed by atoms with van der Waals surface area (Å²) >= 11 is 1.25. The molecule has 2 aromatic heterocycles. The summed E-state index contributed by atoms with van der Waals surface area (Å²) in [6.07, 6.45) is 3.36. The summed E-state index contributed by atoms with van der Waals surface area (Å²) in [6.45, 7) is 1.05. The van der Waals surface area contributed by atoms with Gasteiger partial charge in [0.15, 0.2) is 11.6 Å². The lowest BCUT2D eigenvalue weighted by Crippen LogP contribution is -2.23. The topological polar surface area (TPSA) is 104 Å². The molecule has 1 unspecified atom stereocenters. The molecule has 210 valence electrons. The fourth-order valence-corrected chi connectivity index (χ4v) is 6.01. The zero-order chi connectivity index (χ0) is 28.8. The number of nitrogens with zero attached hydrogens (tertiary/aromatic N) is 2. The Kier molecular flexibility index (Phi) is 8.79. The minimum Gasteiger partial charge on any atom is -0.387 e. The third-order valence-electron chi connectivity index (χ3n) is 6.35. The van der Waals surface area contributed by atoms with E-state index in [1.807, 2.05) is 18.2 Å². The number of benzene rings is 3. The summed E-state index contributed by atoms with van der Waals surface area (Å²) in [7, 11) is -3.83. The predicted molar refractivity (Wildman–Crippen MR) is 156 cm³/mol. The summed E-state index contributed by atoms with van der Waals surface area (Å²) in [6, 6.07) is 20.8. The molecule has 5 aromatic rings. The van der Waals surface area contributed by atoms with Crippen molar-refractivity contribution < 1.29 is 22.3 Å². The Bertz CT molecular complexity index is 1710. The smallest absolute Gasteiger partial charge is 0.261 e. The molecule has 0 bridgehead atoms. The van der Waals surface area contributed by atoms with E-state index in [0.717, 1.165) is 17.2 Å². The largest absolute Gasteiger partial charge is 0.387 e. The van der Waals surface area contributed by atoms with Crippen molar-refractivity contribution in [2.45, 2.75) is 17.4 Å². The number of aliphatic hydroxyl groups excluding tert-OH is 1. The molecule has 0 aliphatic heterocycles. The average molecular weight is 593 g/mol. The maximum absolute atomic E-state index is 14.1. The number of hydrogen-bond acceptors (Lipinski definition) is 7. The molecular formula is C30H26F2N4O3S2. The van der Waals surface area contributed by atoms with Gasteiger partial charge in [-0.15, -0.1) is 11.3 Å². The van der Waals surface area contributed by atoms with Crippen LogP contribution >= 0.6 is 11.3 Å². The van der Waals surface area contributed by atoms with Crippen molar-refractivity contribution in [3.63, 3.8) is 0 Å². The zero-order valence-electron chi connectivity index (χ0n) is 21.7. The molecule has 0 spiro atoms. The molecule has 0 amide bonds. The Balaban J connectivity index is 1.16. The maximum atomic E-state index is 14.1. The molecule has 3 aromatic carbocycles. The summed E-state index contributed by atoms with van der Waals surface area (Å²) in [5.74, 6) is -1.91. The van der Waals surface area contributed by atoms with Gasteiger partial charge in [-0.25, -0.2) is 22.2 Å². The Morgan fingerprint density at radius 2 is 1.73 bits per heavy atom. The summed E-state index contributed by atoms with van der Waals surface area (Å²) in [5, 5.41) is 15.6. The van der Waals surface area contributed by atoms with Crippen LogP contribution in [-0.2, 0) is 16.4 Å². The van der Waals surface area contributed by atoms with Crippen molar-refractivity contribution >= 4 is 27.0 Å². The Hall–Kier alpha value is -4.03. The van der Waals surface area contributed by atoms with E-state index in [9.17, 15) is 22.3 Å². The average Bonchev–Trinajstić information content (AvgIpc) is 3.48. The third-order valence-corrected chi connectivity index (χ3v) is 8.64. The van der Waals surface area contributed by atoms with Crippen LogP contribution in [0.1, 0.15) is 17.2 Å². The molecule has 0 saturated carbocycles. The second-order valence-corrected chi connectivity index (χ2v) is 11.8. The van der Waals surface area contributed by atoms with Gasteiger partial charge in [0, 0.05) is 46.7 Å². The van der Waals surface area contributed by atoms with E-state index in [2.05, 4.69) is 20.0 Å². The van der Waals surface area contributed by atoms with Gasteiger partial charge in [-0.2, -0.15) is 0 Å². The van der Waals surface area contributed by atoms with Crippen molar-refractivity contribution in [3.05, 3.63) is 119 Å². The SMILES string of the molecule is O=S(=O)(Nc1ccc(CCNCC(O)c2cccnc2)cc1)c1ccc(-c2nc(-c3cccc(F)c3F)cs2)cc1. The molecule has 11 heteroatoms. The fourth-order valence-electron chi connectivity index (χ4n) is 4.12. The molecule has 5 rings (SSSR count). The van der Waals surface area contributed by atoms with Gasteiger partial charge in [0.25, 0.3) is 10.0 Å². The van der Waals surface area contributed by atoms with Crippen molar-refractivity contribution in [2.24, 2.45) is 0 Å². The second-order valence-electron chi connectivity index (χ2n) is 9.22. The number of pyridine rings is 1. The summed E-state index contributed by atoms with van der Waals surface area (Å²) in [5.41, 5.74) is 3.23. The molecule has 7 nitrogen and oxygen atoms in total. The van der Waals surface area contributed by atoms with Gasteiger partial charge in [-0.05, 0) is 61.0 Å². The minimum absolute atomic E-state index is 0.0674. The van der Waals surface area contributed by atoms with Crippen LogP contribution in [0.5, 0.6) is 0 Å². The normalized spacial score (nSPS) is 12.3. The van der Waals surface area contributed by atoms with Gasteiger partial charge >= 0.3 is 0 Å². The first-order chi connectivity index (χ1) is 19.8. The molecule has 3 N–H and O–H groups in total. The molecule has 2 heterocycles. The van der Waals surface area contributed by atoms with Crippen LogP contribution in [0.25, 0.3) is 21.8 Å². The van der Waals surface area contributed by atoms with E-state index >= 15 is 0 Å². The van der Waals surface area contributed by atoms with Crippen molar-refractivity contribution in [1.82, 2.24) is 15.3 Å². The molecular weight excluding hydrogens is 566 g/mol. The number of rotatable bonds is 11. The molecule has 1 atom stereocenters. The van der Waals surface area contributed by atoms with E-state index in [0.29, 0.717) is 41.5 Å². The number of hydrogen-bond donors (Lipinski definition) is 3. The van der Waals surface area contributed by atoms with E-state index in [-0.39, 0.29) is 10.5 Å². The zero-order valence-corrected chi connectivity index (χ0v) is 23.3. The number of anilines is 1. The van der Waals surface area contributed by atoms with Gasteiger partial charge in [0.2, 0.25) is 0 Å². The molecule has 0 aliphatic carbocycles. The lowest BCUT2D eigenvalue weighted by molar-refractivity contribution is 0.174. The Morgan fingerprint density at radius 3 is 2.46 bits per heavy atom. The highest BCUT2D eigenvalue weighted by Crippen LogP contribution is 2.31. The Labute approximate surface area is 240 Å². The van der Waals surface area contributed by atoms with Crippen LogP contribution in [0.15, 0.2) is 102 Å². The van der Waals surface area contributed by atoms with Crippen LogP contribution in [0.3, 0.4) is 0 Å². The molecule has 41 heavy (non-hydrogen) atoms. The van der Waals surface area contributed by atoms with E-state index in [1.165, 1.54) is 35.6 Å². The number of thiazole rings is 1.